The Labute approximate surface area is 114 Å². The summed E-state index contributed by atoms with van der Waals surface area (Å²) in [5, 5.41) is 7.22. The van der Waals surface area contributed by atoms with Crippen molar-refractivity contribution >= 4 is 5.95 Å². The molecular formula is C14H22N4O. The minimum absolute atomic E-state index is 0.367. The van der Waals surface area contributed by atoms with Crippen LogP contribution in [0.15, 0.2) is 22.8 Å². The van der Waals surface area contributed by atoms with Crippen molar-refractivity contribution in [3.05, 3.63) is 30.0 Å². The van der Waals surface area contributed by atoms with Crippen LogP contribution >= 0.6 is 0 Å². The Kier molecular flexibility index (Phi) is 4.24. The third-order valence-corrected chi connectivity index (χ3v) is 3.24. The van der Waals surface area contributed by atoms with Gasteiger partial charge in [-0.15, -0.1) is 5.10 Å². The Balaban J connectivity index is 1.90. The second-order valence-corrected chi connectivity index (χ2v) is 5.44. The van der Waals surface area contributed by atoms with Crippen LogP contribution in [-0.4, -0.2) is 29.3 Å². The molecule has 1 N–H and O–H groups in total. The van der Waals surface area contributed by atoms with E-state index in [0.29, 0.717) is 11.8 Å². The lowest BCUT2D eigenvalue weighted by Crippen LogP contribution is -2.10. The minimum Gasteiger partial charge on any atom is -0.469 e. The first-order valence-electron chi connectivity index (χ1n) is 6.68. The smallest absolute Gasteiger partial charge is 0.244 e. The maximum absolute atomic E-state index is 5.38. The quantitative estimate of drug-likeness (QED) is 0.869. The zero-order valence-electron chi connectivity index (χ0n) is 12.1. The van der Waals surface area contributed by atoms with Gasteiger partial charge in [0.25, 0.3) is 0 Å². The Morgan fingerprint density at radius 2 is 2.16 bits per heavy atom. The van der Waals surface area contributed by atoms with Crippen LogP contribution in [0.5, 0.6) is 0 Å². The van der Waals surface area contributed by atoms with E-state index in [1.807, 2.05) is 31.1 Å². The number of anilines is 1. The molecule has 0 aliphatic carbocycles. The molecule has 104 valence electrons. The zero-order chi connectivity index (χ0) is 13.8. The van der Waals surface area contributed by atoms with Crippen LogP contribution in [0, 0.1) is 5.92 Å². The normalized spacial score (nSPS) is 14.3. The molecule has 2 aromatic heterocycles. The number of aromatic nitrogens is 3. The van der Waals surface area contributed by atoms with E-state index in [2.05, 4.69) is 29.0 Å². The number of hydrogen-bond donors (Lipinski definition) is 1. The number of furan rings is 1. The molecule has 2 unspecified atom stereocenters. The predicted molar refractivity (Wildman–Crippen MR) is 75.3 cm³/mol. The molecule has 0 saturated carbocycles. The Hall–Kier alpha value is -1.78. The summed E-state index contributed by atoms with van der Waals surface area (Å²) in [6.45, 7) is 4.42. The molecule has 0 amide bonds. The zero-order valence-corrected chi connectivity index (χ0v) is 12.1. The van der Waals surface area contributed by atoms with Gasteiger partial charge in [0.05, 0.1) is 6.26 Å². The summed E-state index contributed by atoms with van der Waals surface area (Å²) in [6, 6.07) is 3.96. The number of nitrogens with one attached hydrogen (secondary N) is 1. The van der Waals surface area contributed by atoms with Gasteiger partial charge in [0, 0.05) is 26.4 Å². The van der Waals surface area contributed by atoms with Gasteiger partial charge in [-0.25, -0.2) is 0 Å². The highest BCUT2D eigenvalue weighted by Crippen LogP contribution is 2.23. The molecule has 0 radical (unpaired) electrons. The van der Waals surface area contributed by atoms with Crippen molar-refractivity contribution in [1.82, 2.24) is 15.2 Å². The van der Waals surface area contributed by atoms with Crippen LogP contribution in [0.1, 0.15) is 37.8 Å². The summed E-state index contributed by atoms with van der Waals surface area (Å²) in [7, 11) is 3.88. The summed E-state index contributed by atoms with van der Waals surface area (Å²) in [5.41, 5.74) is 0. The van der Waals surface area contributed by atoms with Gasteiger partial charge in [-0.05, 0) is 24.5 Å². The van der Waals surface area contributed by atoms with Gasteiger partial charge >= 0.3 is 0 Å². The first kappa shape index (κ1) is 13.6. The molecule has 0 spiro atoms. The monoisotopic (exact) mass is 262 g/mol. The van der Waals surface area contributed by atoms with Gasteiger partial charge in [0.1, 0.15) is 11.6 Å². The lowest BCUT2D eigenvalue weighted by atomic mass is 9.93. The summed E-state index contributed by atoms with van der Waals surface area (Å²) >= 11 is 0. The van der Waals surface area contributed by atoms with Crippen LogP contribution < -0.4 is 4.90 Å². The third kappa shape index (κ3) is 3.59. The number of nitrogens with zero attached hydrogens (tertiary/aromatic N) is 3. The highest BCUT2D eigenvalue weighted by atomic mass is 16.3. The van der Waals surface area contributed by atoms with Crippen molar-refractivity contribution in [2.75, 3.05) is 19.0 Å². The topological polar surface area (TPSA) is 58.0 Å². The van der Waals surface area contributed by atoms with Crippen molar-refractivity contribution in [2.45, 2.75) is 32.6 Å². The highest BCUT2D eigenvalue weighted by Gasteiger charge is 2.16. The van der Waals surface area contributed by atoms with Crippen LogP contribution in [-0.2, 0) is 6.42 Å². The van der Waals surface area contributed by atoms with E-state index in [1.54, 1.807) is 6.26 Å². The SMILES string of the molecule is CC(Cc1ccco1)CC(C)c1nc(N(C)C)n[nH]1. The van der Waals surface area contributed by atoms with Gasteiger partial charge in [0.2, 0.25) is 5.95 Å². The minimum atomic E-state index is 0.367. The van der Waals surface area contributed by atoms with E-state index in [4.69, 9.17) is 4.42 Å². The largest absolute Gasteiger partial charge is 0.469 e. The van der Waals surface area contributed by atoms with E-state index < -0.39 is 0 Å². The molecule has 0 bridgehead atoms. The molecule has 0 fully saturated rings. The molecule has 2 aromatic rings. The van der Waals surface area contributed by atoms with Gasteiger partial charge in [-0.2, -0.15) is 4.98 Å². The number of hydrogen-bond acceptors (Lipinski definition) is 4. The molecule has 5 heteroatoms. The number of aromatic amines is 1. The van der Waals surface area contributed by atoms with Crippen molar-refractivity contribution < 1.29 is 4.42 Å². The van der Waals surface area contributed by atoms with Crippen LogP contribution in [0.25, 0.3) is 0 Å². The highest BCUT2D eigenvalue weighted by molar-refractivity contribution is 5.25. The maximum Gasteiger partial charge on any atom is 0.244 e. The second-order valence-electron chi connectivity index (χ2n) is 5.44. The van der Waals surface area contributed by atoms with E-state index in [9.17, 15) is 0 Å². The lowest BCUT2D eigenvalue weighted by Gasteiger charge is -2.14. The molecule has 19 heavy (non-hydrogen) atoms. The summed E-state index contributed by atoms with van der Waals surface area (Å²) in [5.74, 6) is 3.65. The van der Waals surface area contributed by atoms with Crippen LogP contribution in [0.2, 0.25) is 0 Å². The fraction of sp³-hybridized carbons (Fsp3) is 0.571. The fourth-order valence-corrected chi connectivity index (χ4v) is 2.26. The van der Waals surface area contributed by atoms with Crippen molar-refractivity contribution in [3.63, 3.8) is 0 Å². The molecule has 2 atom stereocenters. The van der Waals surface area contributed by atoms with Crippen molar-refractivity contribution in [2.24, 2.45) is 5.92 Å². The van der Waals surface area contributed by atoms with Gasteiger partial charge in [-0.3, -0.25) is 5.10 Å². The fourth-order valence-electron chi connectivity index (χ4n) is 2.26. The number of H-pyrrole nitrogens is 1. The second kappa shape index (κ2) is 5.91. The van der Waals surface area contributed by atoms with E-state index >= 15 is 0 Å². The Bertz CT molecular complexity index is 489. The standard InChI is InChI=1S/C14H22N4O/c1-10(9-12-6-5-7-19-12)8-11(2)13-15-14(17-16-13)18(3)4/h5-7,10-11H,8-9H2,1-4H3,(H,15,16,17). The Morgan fingerprint density at radius 3 is 2.74 bits per heavy atom. The van der Waals surface area contributed by atoms with Crippen LogP contribution in [0.4, 0.5) is 5.95 Å². The molecule has 5 nitrogen and oxygen atoms in total. The molecule has 0 aromatic carbocycles. The van der Waals surface area contributed by atoms with Gasteiger partial charge in [-0.1, -0.05) is 13.8 Å². The van der Waals surface area contributed by atoms with Crippen molar-refractivity contribution in [3.8, 4) is 0 Å². The first-order valence-corrected chi connectivity index (χ1v) is 6.68. The average molecular weight is 262 g/mol. The van der Waals surface area contributed by atoms with E-state index in [1.165, 1.54) is 0 Å². The predicted octanol–water partition coefficient (Wildman–Crippen LogP) is 2.84. The molecule has 2 rings (SSSR count). The summed E-state index contributed by atoms with van der Waals surface area (Å²) < 4.78 is 5.38. The molecule has 2 heterocycles. The maximum atomic E-state index is 5.38. The first-order chi connectivity index (χ1) is 9.06. The lowest BCUT2D eigenvalue weighted by molar-refractivity contribution is 0.417. The third-order valence-electron chi connectivity index (χ3n) is 3.24. The molecule has 0 aliphatic rings. The molecular weight excluding hydrogens is 240 g/mol. The summed E-state index contributed by atoms with van der Waals surface area (Å²) in [6.07, 6.45) is 3.75. The van der Waals surface area contributed by atoms with E-state index in [-0.39, 0.29) is 0 Å². The molecule has 0 aliphatic heterocycles. The average Bonchev–Trinajstić information content (AvgIpc) is 2.98. The number of rotatable bonds is 6. The summed E-state index contributed by atoms with van der Waals surface area (Å²) in [4.78, 5) is 6.40. The van der Waals surface area contributed by atoms with Gasteiger partial charge < -0.3 is 9.32 Å². The van der Waals surface area contributed by atoms with Crippen LogP contribution in [0.3, 0.4) is 0 Å². The van der Waals surface area contributed by atoms with Crippen molar-refractivity contribution in [1.29, 1.82) is 0 Å². The van der Waals surface area contributed by atoms with E-state index in [0.717, 1.165) is 30.4 Å². The molecule has 0 saturated heterocycles. The van der Waals surface area contributed by atoms with Gasteiger partial charge in [0.15, 0.2) is 0 Å². The Morgan fingerprint density at radius 1 is 1.37 bits per heavy atom.